The summed E-state index contributed by atoms with van der Waals surface area (Å²) in [6, 6.07) is 8.04. The fourth-order valence-corrected chi connectivity index (χ4v) is 2.69. The van der Waals surface area contributed by atoms with Crippen molar-refractivity contribution in [3.05, 3.63) is 41.8 Å². The molecule has 0 bridgehead atoms. The van der Waals surface area contributed by atoms with Gasteiger partial charge in [-0.25, -0.2) is 4.98 Å². The minimum Gasteiger partial charge on any atom is -0.444 e. The minimum absolute atomic E-state index is 0. The summed E-state index contributed by atoms with van der Waals surface area (Å²) in [5.74, 6) is 0.631. The first kappa shape index (κ1) is 21.2. The molecule has 2 rings (SSSR count). The van der Waals surface area contributed by atoms with Gasteiger partial charge in [0.25, 0.3) is 0 Å². The van der Waals surface area contributed by atoms with Crippen LogP contribution in [0, 0.1) is 12.3 Å². The van der Waals surface area contributed by atoms with Gasteiger partial charge in [0, 0.05) is 25.1 Å². The SMILES string of the molecule is CCC(CC)(CN)C(=O)NCCc1coc(-c2ccc(C)cc2)n1.Cl. The molecule has 1 heterocycles. The summed E-state index contributed by atoms with van der Waals surface area (Å²) in [4.78, 5) is 16.9. The standard InChI is InChI=1S/C19H27N3O2.ClH/c1-4-19(5-2,13-20)18(23)21-11-10-16-12-24-17(22-16)15-8-6-14(3)7-9-15;/h6-9,12H,4-5,10-11,13,20H2,1-3H3,(H,21,23);1H. The maximum absolute atomic E-state index is 12.4. The van der Waals surface area contributed by atoms with Gasteiger partial charge in [-0.2, -0.15) is 0 Å². The fraction of sp³-hybridized carbons (Fsp3) is 0.474. The van der Waals surface area contributed by atoms with Crippen LogP contribution in [0.15, 0.2) is 34.9 Å². The van der Waals surface area contributed by atoms with Gasteiger partial charge in [0.15, 0.2) is 0 Å². The summed E-state index contributed by atoms with van der Waals surface area (Å²) in [5, 5.41) is 2.98. The van der Waals surface area contributed by atoms with Crippen molar-refractivity contribution in [2.24, 2.45) is 11.1 Å². The Labute approximate surface area is 155 Å². The Balaban J connectivity index is 0.00000312. The van der Waals surface area contributed by atoms with Crippen LogP contribution in [0.4, 0.5) is 0 Å². The summed E-state index contributed by atoms with van der Waals surface area (Å²) in [7, 11) is 0. The number of aromatic nitrogens is 1. The van der Waals surface area contributed by atoms with Gasteiger partial charge in [-0.3, -0.25) is 4.79 Å². The number of rotatable bonds is 8. The molecule has 0 saturated heterocycles. The van der Waals surface area contributed by atoms with Crippen LogP contribution in [0.3, 0.4) is 0 Å². The highest BCUT2D eigenvalue weighted by molar-refractivity contribution is 5.85. The average Bonchev–Trinajstić information content (AvgIpc) is 3.06. The summed E-state index contributed by atoms with van der Waals surface area (Å²) in [5.41, 5.74) is 8.32. The van der Waals surface area contributed by atoms with Crippen molar-refractivity contribution in [3.63, 3.8) is 0 Å². The number of carbonyl (C=O) groups is 1. The Morgan fingerprint density at radius 1 is 1.24 bits per heavy atom. The summed E-state index contributed by atoms with van der Waals surface area (Å²) < 4.78 is 5.54. The molecule has 0 radical (unpaired) electrons. The van der Waals surface area contributed by atoms with Crippen LogP contribution in [0.1, 0.15) is 37.9 Å². The summed E-state index contributed by atoms with van der Waals surface area (Å²) in [6.07, 6.45) is 3.77. The number of nitrogens with one attached hydrogen (secondary N) is 1. The van der Waals surface area contributed by atoms with E-state index in [2.05, 4.69) is 10.3 Å². The maximum atomic E-state index is 12.4. The Morgan fingerprint density at radius 3 is 2.44 bits per heavy atom. The number of hydrogen-bond donors (Lipinski definition) is 2. The first-order chi connectivity index (χ1) is 11.5. The van der Waals surface area contributed by atoms with Gasteiger partial charge in [0.1, 0.15) is 6.26 Å². The number of oxazole rings is 1. The summed E-state index contributed by atoms with van der Waals surface area (Å²) in [6.45, 7) is 6.94. The maximum Gasteiger partial charge on any atom is 0.227 e. The lowest BCUT2D eigenvalue weighted by atomic mass is 9.81. The van der Waals surface area contributed by atoms with Crippen molar-refractivity contribution < 1.29 is 9.21 Å². The third-order valence-corrected chi connectivity index (χ3v) is 4.74. The highest BCUT2D eigenvalue weighted by atomic mass is 35.5. The first-order valence-electron chi connectivity index (χ1n) is 8.54. The molecule has 1 aromatic heterocycles. The number of hydrogen-bond acceptors (Lipinski definition) is 4. The third-order valence-electron chi connectivity index (χ3n) is 4.74. The molecule has 0 atom stereocenters. The van der Waals surface area contributed by atoms with Crippen molar-refractivity contribution in [2.45, 2.75) is 40.0 Å². The highest BCUT2D eigenvalue weighted by Gasteiger charge is 2.32. The monoisotopic (exact) mass is 365 g/mol. The molecule has 1 aromatic carbocycles. The number of aryl methyl sites for hydroxylation is 1. The van der Waals surface area contributed by atoms with Gasteiger partial charge in [0.05, 0.1) is 11.1 Å². The number of carbonyl (C=O) groups excluding carboxylic acids is 1. The lowest BCUT2D eigenvalue weighted by Gasteiger charge is -2.28. The second kappa shape index (κ2) is 9.59. The average molecular weight is 366 g/mol. The minimum atomic E-state index is -0.461. The molecule has 0 saturated carbocycles. The smallest absolute Gasteiger partial charge is 0.227 e. The van der Waals surface area contributed by atoms with Crippen LogP contribution in [0.2, 0.25) is 0 Å². The zero-order valence-electron chi connectivity index (χ0n) is 15.2. The van der Waals surface area contributed by atoms with Crippen LogP contribution >= 0.6 is 12.4 Å². The van der Waals surface area contributed by atoms with Gasteiger partial charge >= 0.3 is 0 Å². The molecule has 1 amide bonds. The van der Waals surface area contributed by atoms with Crippen molar-refractivity contribution in [1.29, 1.82) is 0 Å². The van der Waals surface area contributed by atoms with Crippen molar-refractivity contribution in [1.82, 2.24) is 10.3 Å². The largest absolute Gasteiger partial charge is 0.444 e. The zero-order chi connectivity index (χ0) is 17.6. The normalized spacial score (nSPS) is 11.0. The predicted molar refractivity (Wildman–Crippen MR) is 103 cm³/mol. The van der Waals surface area contributed by atoms with Gasteiger partial charge in [-0.1, -0.05) is 31.5 Å². The molecule has 0 aliphatic rings. The lowest BCUT2D eigenvalue weighted by Crippen LogP contribution is -2.45. The molecule has 0 fully saturated rings. The van der Waals surface area contributed by atoms with Crippen LogP contribution in [0.5, 0.6) is 0 Å². The number of nitrogens with zero attached hydrogens (tertiary/aromatic N) is 1. The molecule has 0 spiro atoms. The van der Waals surface area contributed by atoms with Crippen LogP contribution in [-0.4, -0.2) is 24.0 Å². The molecular formula is C19H28ClN3O2. The van der Waals surface area contributed by atoms with E-state index in [1.807, 2.05) is 45.0 Å². The Hall–Kier alpha value is -1.85. The number of halogens is 1. The second-order valence-electron chi connectivity index (χ2n) is 6.21. The quantitative estimate of drug-likeness (QED) is 0.750. The molecule has 3 N–H and O–H groups in total. The number of amides is 1. The third kappa shape index (κ3) is 5.06. The van der Waals surface area contributed by atoms with E-state index in [0.717, 1.165) is 24.1 Å². The number of benzene rings is 1. The van der Waals surface area contributed by atoms with E-state index in [1.165, 1.54) is 5.56 Å². The fourth-order valence-electron chi connectivity index (χ4n) is 2.69. The molecule has 138 valence electrons. The predicted octanol–water partition coefficient (Wildman–Crippen LogP) is 3.50. The molecule has 25 heavy (non-hydrogen) atoms. The van der Waals surface area contributed by atoms with E-state index in [4.69, 9.17) is 10.2 Å². The van der Waals surface area contributed by atoms with E-state index in [1.54, 1.807) is 6.26 Å². The van der Waals surface area contributed by atoms with E-state index in [9.17, 15) is 4.79 Å². The lowest BCUT2D eigenvalue weighted by molar-refractivity contribution is -0.131. The topological polar surface area (TPSA) is 81.2 Å². The van der Waals surface area contributed by atoms with E-state index >= 15 is 0 Å². The highest BCUT2D eigenvalue weighted by Crippen LogP contribution is 2.25. The van der Waals surface area contributed by atoms with Crippen molar-refractivity contribution >= 4 is 18.3 Å². The van der Waals surface area contributed by atoms with E-state index < -0.39 is 5.41 Å². The van der Waals surface area contributed by atoms with Crippen LogP contribution in [0.25, 0.3) is 11.5 Å². The molecule has 0 aliphatic heterocycles. The molecule has 0 unspecified atom stereocenters. The molecular weight excluding hydrogens is 338 g/mol. The molecule has 2 aromatic rings. The van der Waals surface area contributed by atoms with Gasteiger partial charge < -0.3 is 15.5 Å². The molecule has 5 nitrogen and oxygen atoms in total. The zero-order valence-corrected chi connectivity index (χ0v) is 16.0. The molecule has 0 aliphatic carbocycles. The van der Waals surface area contributed by atoms with E-state index in [0.29, 0.717) is 25.4 Å². The van der Waals surface area contributed by atoms with Crippen LogP contribution < -0.4 is 11.1 Å². The summed E-state index contributed by atoms with van der Waals surface area (Å²) >= 11 is 0. The van der Waals surface area contributed by atoms with Gasteiger partial charge in [-0.05, 0) is 31.9 Å². The van der Waals surface area contributed by atoms with Gasteiger partial charge in [-0.15, -0.1) is 12.4 Å². The Morgan fingerprint density at radius 2 is 1.88 bits per heavy atom. The van der Waals surface area contributed by atoms with E-state index in [-0.39, 0.29) is 18.3 Å². The number of nitrogens with two attached hydrogens (primary N) is 1. The first-order valence-corrected chi connectivity index (χ1v) is 8.54. The van der Waals surface area contributed by atoms with Crippen molar-refractivity contribution in [2.75, 3.05) is 13.1 Å². The van der Waals surface area contributed by atoms with Gasteiger partial charge in [0.2, 0.25) is 11.8 Å². The second-order valence-corrected chi connectivity index (χ2v) is 6.21. The Kier molecular flexibility index (Phi) is 8.13. The van der Waals surface area contributed by atoms with Crippen molar-refractivity contribution in [3.8, 4) is 11.5 Å². The van der Waals surface area contributed by atoms with Crippen LogP contribution in [-0.2, 0) is 11.2 Å². The molecule has 6 heteroatoms. The Bertz CT molecular complexity index is 655.